The summed E-state index contributed by atoms with van der Waals surface area (Å²) in [6.45, 7) is 3.79. The van der Waals surface area contributed by atoms with Gasteiger partial charge in [0.1, 0.15) is 6.04 Å². The molecule has 27 heavy (non-hydrogen) atoms. The molecule has 2 rings (SSSR count). The Morgan fingerprint density at radius 2 is 1.63 bits per heavy atom. The molecule has 8 heteroatoms. The number of carbonyl (C=O) groups is 1. The van der Waals surface area contributed by atoms with E-state index in [9.17, 15) is 13.2 Å². The Hall–Kier alpha value is -1.76. The van der Waals surface area contributed by atoms with Crippen LogP contribution in [0.4, 0.5) is 11.4 Å². The van der Waals surface area contributed by atoms with E-state index in [1.165, 1.54) is 18.2 Å². The van der Waals surface area contributed by atoms with Crippen molar-refractivity contribution in [2.75, 3.05) is 15.9 Å². The van der Waals surface area contributed by atoms with Crippen LogP contribution in [0, 0.1) is 0 Å². The van der Waals surface area contributed by atoms with E-state index in [1.807, 2.05) is 19.1 Å². The van der Waals surface area contributed by atoms with Crippen LogP contribution in [-0.4, -0.2) is 26.6 Å². The Labute approximate surface area is 170 Å². The molecular formula is C19H22Cl2N2O3S. The molecule has 1 N–H and O–H groups in total. The van der Waals surface area contributed by atoms with Gasteiger partial charge in [0.2, 0.25) is 15.9 Å². The Kier molecular flexibility index (Phi) is 7.14. The minimum Gasteiger partial charge on any atom is -0.324 e. The molecule has 0 aliphatic carbocycles. The molecule has 0 saturated carbocycles. The lowest BCUT2D eigenvalue weighted by Crippen LogP contribution is -2.47. The Bertz CT molecular complexity index is 895. The first-order valence-corrected chi connectivity index (χ1v) is 11.1. The summed E-state index contributed by atoms with van der Waals surface area (Å²) in [5.41, 5.74) is 2.00. The maximum atomic E-state index is 12.8. The Morgan fingerprint density at radius 3 is 2.07 bits per heavy atom. The number of anilines is 2. The smallest absolute Gasteiger partial charge is 0.248 e. The SMILES string of the molecule is CCc1ccc(NC(=O)[C@@H](CC)N(c2cc(Cl)cc(Cl)c2)S(C)(=O)=O)cc1. The molecule has 0 unspecified atom stereocenters. The number of amides is 1. The number of nitrogens with zero attached hydrogens (tertiary/aromatic N) is 1. The third-order valence-corrected chi connectivity index (χ3v) is 5.68. The van der Waals surface area contributed by atoms with E-state index in [4.69, 9.17) is 23.2 Å². The van der Waals surface area contributed by atoms with Crippen molar-refractivity contribution in [2.45, 2.75) is 32.7 Å². The second-order valence-corrected chi connectivity index (χ2v) is 8.88. The zero-order chi connectivity index (χ0) is 20.2. The van der Waals surface area contributed by atoms with Crippen molar-refractivity contribution in [1.82, 2.24) is 0 Å². The molecule has 0 aliphatic heterocycles. The third-order valence-electron chi connectivity index (χ3n) is 4.06. The van der Waals surface area contributed by atoms with E-state index in [1.54, 1.807) is 19.1 Å². The lowest BCUT2D eigenvalue weighted by Gasteiger charge is -2.30. The standard InChI is InChI=1S/C19H22Cl2N2O3S/c1-4-13-6-8-16(9-7-13)22-19(24)18(5-2)23(27(3,25)26)17-11-14(20)10-15(21)12-17/h6-12,18H,4-5H2,1-3H3,(H,22,24)/t18-/m1/s1. The third kappa shape index (κ3) is 5.61. The monoisotopic (exact) mass is 428 g/mol. The molecule has 0 aromatic heterocycles. The zero-order valence-corrected chi connectivity index (χ0v) is 17.7. The van der Waals surface area contributed by atoms with E-state index in [2.05, 4.69) is 5.32 Å². The van der Waals surface area contributed by atoms with Crippen LogP contribution in [0.3, 0.4) is 0 Å². The van der Waals surface area contributed by atoms with Gasteiger partial charge in [-0.25, -0.2) is 8.42 Å². The predicted octanol–water partition coefficient (Wildman–Crippen LogP) is 4.74. The van der Waals surface area contributed by atoms with Gasteiger partial charge in [0.05, 0.1) is 11.9 Å². The number of hydrogen-bond acceptors (Lipinski definition) is 3. The highest BCUT2D eigenvalue weighted by molar-refractivity contribution is 7.92. The summed E-state index contributed by atoms with van der Waals surface area (Å²) in [5, 5.41) is 3.36. The number of rotatable bonds is 7. The van der Waals surface area contributed by atoms with Gasteiger partial charge in [0.25, 0.3) is 0 Å². The highest BCUT2D eigenvalue weighted by atomic mass is 35.5. The fourth-order valence-corrected chi connectivity index (χ4v) is 4.49. The number of benzene rings is 2. The molecular weight excluding hydrogens is 407 g/mol. The summed E-state index contributed by atoms with van der Waals surface area (Å²) in [6, 6.07) is 10.9. The lowest BCUT2D eigenvalue weighted by molar-refractivity contribution is -0.117. The van der Waals surface area contributed by atoms with Gasteiger partial charge in [0, 0.05) is 15.7 Å². The van der Waals surface area contributed by atoms with Crippen molar-refractivity contribution < 1.29 is 13.2 Å². The number of nitrogens with one attached hydrogen (secondary N) is 1. The molecule has 0 fully saturated rings. The van der Waals surface area contributed by atoms with Gasteiger partial charge in [-0.3, -0.25) is 9.10 Å². The molecule has 146 valence electrons. The quantitative estimate of drug-likeness (QED) is 0.692. The second-order valence-electron chi connectivity index (χ2n) is 6.15. The van der Waals surface area contributed by atoms with Crippen LogP contribution in [-0.2, 0) is 21.2 Å². The van der Waals surface area contributed by atoms with E-state index < -0.39 is 22.0 Å². The largest absolute Gasteiger partial charge is 0.324 e. The first-order valence-electron chi connectivity index (χ1n) is 8.51. The molecule has 0 bridgehead atoms. The van der Waals surface area contributed by atoms with Crippen molar-refractivity contribution in [2.24, 2.45) is 0 Å². The molecule has 0 aliphatic rings. The van der Waals surface area contributed by atoms with Crippen molar-refractivity contribution in [3.05, 3.63) is 58.1 Å². The highest BCUT2D eigenvalue weighted by Gasteiger charge is 2.32. The molecule has 2 aromatic rings. The maximum Gasteiger partial charge on any atom is 0.248 e. The van der Waals surface area contributed by atoms with Crippen LogP contribution in [0.25, 0.3) is 0 Å². The van der Waals surface area contributed by atoms with Gasteiger partial charge >= 0.3 is 0 Å². The van der Waals surface area contributed by atoms with Crippen LogP contribution >= 0.6 is 23.2 Å². The summed E-state index contributed by atoms with van der Waals surface area (Å²) in [4.78, 5) is 12.8. The normalized spacial score (nSPS) is 12.5. The predicted molar refractivity (Wildman–Crippen MR) is 112 cm³/mol. The zero-order valence-electron chi connectivity index (χ0n) is 15.4. The van der Waals surface area contributed by atoms with Crippen LogP contribution < -0.4 is 9.62 Å². The molecule has 1 atom stereocenters. The van der Waals surface area contributed by atoms with Crippen LogP contribution in [0.5, 0.6) is 0 Å². The Morgan fingerprint density at radius 1 is 1.07 bits per heavy atom. The number of hydrogen-bond donors (Lipinski definition) is 1. The first kappa shape index (κ1) is 21.5. The summed E-state index contributed by atoms with van der Waals surface area (Å²) >= 11 is 12.0. The van der Waals surface area contributed by atoms with Crippen LogP contribution in [0.15, 0.2) is 42.5 Å². The van der Waals surface area contributed by atoms with Crippen molar-refractivity contribution in [1.29, 1.82) is 0 Å². The fraction of sp³-hybridized carbons (Fsp3) is 0.316. The molecule has 0 radical (unpaired) electrons. The molecule has 0 spiro atoms. The maximum absolute atomic E-state index is 12.8. The minimum atomic E-state index is -3.76. The van der Waals surface area contributed by atoms with E-state index >= 15 is 0 Å². The fourth-order valence-electron chi connectivity index (χ4n) is 2.78. The molecule has 0 saturated heterocycles. The van der Waals surface area contributed by atoms with Crippen LogP contribution in [0.1, 0.15) is 25.8 Å². The lowest BCUT2D eigenvalue weighted by atomic mass is 10.1. The van der Waals surface area contributed by atoms with E-state index in [0.29, 0.717) is 5.69 Å². The molecule has 1 amide bonds. The molecule has 5 nitrogen and oxygen atoms in total. The second kappa shape index (κ2) is 8.95. The number of sulfonamides is 1. The minimum absolute atomic E-state index is 0.248. The van der Waals surface area contributed by atoms with Crippen LogP contribution in [0.2, 0.25) is 10.0 Å². The Balaban J connectivity index is 2.37. The van der Waals surface area contributed by atoms with Gasteiger partial charge < -0.3 is 5.32 Å². The summed E-state index contributed by atoms with van der Waals surface area (Å²) in [6.07, 6.45) is 2.22. The summed E-state index contributed by atoms with van der Waals surface area (Å²) in [7, 11) is -3.76. The molecule has 0 heterocycles. The first-order chi connectivity index (χ1) is 12.7. The van der Waals surface area contributed by atoms with Gasteiger partial charge in [-0.2, -0.15) is 0 Å². The topological polar surface area (TPSA) is 66.5 Å². The van der Waals surface area contributed by atoms with Gasteiger partial charge in [-0.05, 0) is 48.7 Å². The highest BCUT2D eigenvalue weighted by Crippen LogP contribution is 2.29. The van der Waals surface area contributed by atoms with Gasteiger partial charge in [0.15, 0.2) is 0 Å². The van der Waals surface area contributed by atoms with Gasteiger partial charge in [-0.15, -0.1) is 0 Å². The number of aryl methyl sites for hydroxylation is 1. The average Bonchev–Trinajstić information content (AvgIpc) is 2.58. The van der Waals surface area contributed by atoms with E-state index in [0.717, 1.165) is 22.5 Å². The van der Waals surface area contributed by atoms with Crippen molar-refractivity contribution in [3.63, 3.8) is 0 Å². The molecule has 2 aromatic carbocycles. The summed E-state index contributed by atoms with van der Waals surface area (Å²) < 4.78 is 26.0. The van der Waals surface area contributed by atoms with Crippen molar-refractivity contribution >= 4 is 50.5 Å². The number of carbonyl (C=O) groups excluding carboxylic acids is 1. The average molecular weight is 429 g/mol. The summed E-state index contributed by atoms with van der Waals surface area (Å²) in [5.74, 6) is -0.428. The van der Waals surface area contributed by atoms with Gasteiger partial charge in [-0.1, -0.05) is 49.2 Å². The van der Waals surface area contributed by atoms with E-state index in [-0.39, 0.29) is 22.2 Å². The number of halogens is 2. The van der Waals surface area contributed by atoms with Crippen molar-refractivity contribution in [3.8, 4) is 0 Å².